The van der Waals surface area contributed by atoms with Gasteiger partial charge in [-0.2, -0.15) is 0 Å². The Labute approximate surface area is 102 Å². The summed E-state index contributed by atoms with van der Waals surface area (Å²) >= 11 is 6.13. The molecular weight excluding hydrogens is 222 g/mol. The van der Waals surface area contributed by atoms with E-state index in [1.54, 1.807) is 0 Å². The maximum atomic E-state index is 9.44. The van der Waals surface area contributed by atoms with E-state index in [4.69, 9.17) is 11.6 Å². The summed E-state index contributed by atoms with van der Waals surface area (Å²) in [5.74, 6) is 0. The number of nitrogens with one attached hydrogen (secondary N) is 1. The van der Waals surface area contributed by atoms with Gasteiger partial charge in [-0.3, -0.25) is 0 Å². The van der Waals surface area contributed by atoms with Crippen molar-refractivity contribution in [1.82, 2.24) is 0 Å². The number of aliphatic hydroxyl groups is 1. The molecular formula is C13H18ClNO. The van der Waals surface area contributed by atoms with Gasteiger partial charge >= 0.3 is 0 Å². The number of benzene rings is 1. The summed E-state index contributed by atoms with van der Waals surface area (Å²) in [6.07, 6.45) is 3.71. The highest BCUT2D eigenvalue weighted by Gasteiger charge is 2.19. The number of hydrogen-bond donors (Lipinski definition) is 2. The van der Waals surface area contributed by atoms with Crippen molar-refractivity contribution in [3.8, 4) is 0 Å². The van der Waals surface area contributed by atoms with Gasteiger partial charge in [0.15, 0.2) is 0 Å². The smallest absolute Gasteiger partial charge is 0.0637 e. The summed E-state index contributed by atoms with van der Waals surface area (Å²) in [6.45, 7) is 2.06. The second-order valence-corrected chi connectivity index (χ2v) is 5.04. The lowest BCUT2D eigenvalue weighted by molar-refractivity contribution is 0.126. The quantitative estimate of drug-likeness (QED) is 0.830. The largest absolute Gasteiger partial charge is 0.393 e. The van der Waals surface area contributed by atoms with Gasteiger partial charge in [0.05, 0.1) is 16.8 Å². The zero-order valence-electron chi connectivity index (χ0n) is 9.54. The Kier molecular flexibility index (Phi) is 3.72. The summed E-state index contributed by atoms with van der Waals surface area (Å²) in [5, 5.41) is 13.7. The molecule has 1 aliphatic carbocycles. The number of anilines is 1. The fourth-order valence-corrected chi connectivity index (χ4v) is 2.36. The highest BCUT2D eigenvalue weighted by atomic mass is 35.5. The van der Waals surface area contributed by atoms with Crippen molar-refractivity contribution in [2.45, 2.75) is 44.8 Å². The van der Waals surface area contributed by atoms with Gasteiger partial charge in [-0.1, -0.05) is 17.7 Å². The Balaban J connectivity index is 2.00. The van der Waals surface area contributed by atoms with E-state index in [1.165, 1.54) is 5.56 Å². The van der Waals surface area contributed by atoms with Crippen LogP contribution in [0, 0.1) is 6.92 Å². The maximum absolute atomic E-state index is 9.44. The number of aliphatic hydroxyl groups excluding tert-OH is 1. The first-order valence-corrected chi connectivity index (χ1v) is 6.23. The first-order valence-electron chi connectivity index (χ1n) is 5.86. The van der Waals surface area contributed by atoms with Gasteiger partial charge in [0, 0.05) is 6.04 Å². The van der Waals surface area contributed by atoms with E-state index in [0.29, 0.717) is 6.04 Å². The summed E-state index contributed by atoms with van der Waals surface area (Å²) in [4.78, 5) is 0. The maximum Gasteiger partial charge on any atom is 0.0637 e. The molecule has 0 unspecified atom stereocenters. The van der Waals surface area contributed by atoms with Crippen LogP contribution in [0.4, 0.5) is 5.69 Å². The minimum absolute atomic E-state index is 0.106. The van der Waals surface area contributed by atoms with Gasteiger partial charge in [0.2, 0.25) is 0 Å². The molecule has 0 atom stereocenters. The van der Waals surface area contributed by atoms with Crippen LogP contribution in [0.3, 0.4) is 0 Å². The van der Waals surface area contributed by atoms with Crippen molar-refractivity contribution in [3.05, 3.63) is 28.8 Å². The predicted molar refractivity (Wildman–Crippen MR) is 68.1 cm³/mol. The van der Waals surface area contributed by atoms with Gasteiger partial charge in [-0.15, -0.1) is 0 Å². The van der Waals surface area contributed by atoms with Crippen molar-refractivity contribution in [3.63, 3.8) is 0 Å². The Morgan fingerprint density at radius 3 is 2.62 bits per heavy atom. The van der Waals surface area contributed by atoms with E-state index in [-0.39, 0.29) is 6.10 Å². The van der Waals surface area contributed by atoms with Crippen LogP contribution in [0.2, 0.25) is 5.02 Å². The van der Waals surface area contributed by atoms with Crippen LogP contribution in [-0.2, 0) is 0 Å². The molecule has 3 heteroatoms. The first-order chi connectivity index (χ1) is 7.65. The zero-order valence-corrected chi connectivity index (χ0v) is 10.3. The van der Waals surface area contributed by atoms with Crippen LogP contribution in [-0.4, -0.2) is 17.3 Å². The van der Waals surface area contributed by atoms with E-state index in [0.717, 1.165) is 36.4 Å². The number of aryl methyl sites for hydroxylation is 1. The van der Waals surface area contributed by atoms with Crippen LogP contribution >= 0.6 is 11.6 Å². The minimum Gasteiger partial charge on any atom is -0.393 e. The lowest BCUT2D eigenvalue weighted by Crippen LogP contribution is -2.28. The van der Waals surface area contributed by atoms with Crippen LogP contribution in [0.1, 0.15) is 31.2 Å². The third-order valence-corrected chi connectivity index (χ3v) is 3.51. The molecule has 0 saturated heterocycles. The Bertz CT molecular complexity index is 359. The molecule has 0 radical (unpaired) electrons. The van der Waals surface area contributed by atoms with E-state index < -0.39 is 0 Å². The monoisotopic (exact) mass is 239 g/mol. The molecule has 1 aliphatic rings. The van der Waals surface area contributed by atoms with E-state index in [9.17, 15) is 5.11 Å². The number of hydrogen-bond acceptors (Lipinski definition) is 2. The highest BCUT2D eigenvalue weighted by molar-refractivity contribution is 6.33. The fraction of sp³-hybridized carbons (Fsp3) is 0.538. The minimum atomic E-state index is -0.106. The van der Waals surface area contributed by atoms with E-state index in [2.05, 4.69) is 18.3 Å². The molecule has 0 spiro atoms. The molecule has 1 saturated carbocycles. The molecule has 0 heterocycles. The lowest BCUT2D eigenvalue weighted by atomic mass is 9.93. The standard InChI is InChI=1S/C13H18ClNO/c1-9-2-7-12(14)13(8-9)15-10-3-5-11(16)6-4-10/h2,7-8,10-11,15-16H,3-6H2,1H3. The van der Waals surface area contributed by atoms with Gasteiger partial charge in [0.1, 0.15) is 0 Å². The molecule has 1 aromatic rings. The molecule has 0 bridgehead atoms. The third kappa shape index (κ3) is 2.89. The average molecular weight is 240 g/mol. The summed E-state index contributed by atoms with van der Waals surface area (Å²) in [7, 11) is 0. The van der Waals surface area contributed by atoms with Gasteiger partial charge in [0.25, 0.3) is 0 Å². The van der Waals surface area contributed by atoms with E-state index in [1.807, 2.05) is 12.1 Å². The van der Waals surface area contributed by atoms with E-state index >= 15 is 0 Å². The summed E-state index contributed by atoms with van der Waals surface area (Å²) < 4.78 is 0. The molecule has 88 valence electrons. The Morgan fingerprint density at radius 2 is 1.94 bits per heavy atom. The summed E-state index contributed by atoms with van der Waals surface area (Å²) in [5.41, 5.74) is 2.23. The van der Waals surface area contributed by atoms with Crippen LogP contribution in [0.5, 0.6) is 0 Å². The molecule has 2 nitrogen and oxygen atoms in total. The Morgan fingerprint density at radius 1 is 1.25 bits per heavy atom. The van der Waals surface area contributed by atoms with Gasteiger partial charge in [-0.05, 0) is 50.3 Å². The van der Waals surface area contributed by atoms with Gasteiger partial charge in [-0.25, -0.2) is 0 Å². The molecule has 1 fully saturated rings. The van der Waals surface area contributed by atoms with Crippen molar-refractivity contribution < 1.29 is 5.11 Å². The molecule has 0 amide bonds. The van der Waals surface area contributed by atoms with Crippen molar-refractivity contribution in [2.24, 2.45) is 0 Å². The SMILES string of the molecule is Cc1ccc(Cl)c(NC2CCC(O)CC2)c1. The number of rotatable bonds is 2. The normalized spacial score (nSPS) is 25.4. The molecule has 1 aromatic carbocycles. The third-order valence-electron chi connectivity index (χ3n) is 3.18. The molecule has 2 N–H and O–H groups in total. The van der Waals surface area contributed by atoms with Crippen molar-refractivity contribution in [1.29, 1.82) is 0 Å². The van der Waals surface area contributed by atoms with Crippen LogP contribution in [0.15, 0.2) is 18.2 Å². The molecule has 2 rings (SSSR count). The molecule has 0 aliphatic heterocycles. The summed E-state index contributed by atoms with van der Waals surface area (Å²) in [6, 6.07) is 6.46. The van der Waals surface area contributed by atoms with Crippen LogP contribution in [0.25, 0.3) is 0 Å². The fourth-order valence-electron chi connectivity index (χ4n) is 2.19. The zero-order chi connectivity index (χ0) is 11.5. The number of halogens is 1. The second-order valence-electron chi connectivity index (χ2n) is 4.63. The van der Waals surface area contributed by atoms with Crippen molar-refractivity contribution in [2.75, 3.05) is 5.32 Å². The lowest BCUT2D eigenvalue weighted by Gasteiger charge is -2.27. The second kappa shape index (κ2) is 5.07. The predicted octanol–water partition coefficient (Wildman–Crippen LogP) is 3.36. The molecule has 0 aromatic heterocycles. The average Bonchev–Trinajstić information content (AvgIpc) is 2.27. The van der Waals surface area contributed by atoms with Gasteiger partial charge < -0.3 is 10.4 Å². The first kappa shape index (κ1) is 11.7. The molecule has 16 heavy (non-hydrogen) atoms. The highest BCUT2D eigenvalue weighted by Crippen LogP contribution is 2.27. The Hall–Kier alpha value is -0.730. The topological polar surface area (TPSA) is 32.3 Å². The van der Waals surface area contributed by atoms with Crippen molar-refractivity contribution >= 4 is 17.3 Å². The van der Waals surface area contributed by atoms with Crippen LogP contribution < -0.4 is 5.32 Å².